The van der Waals surface area contributed by atoms with E-state index in [-0.39, 0.29) is 5.41 Å². The van der Waals surface area contributed by atoms with Gasteiger partial charge in [-0.15, -0.1) is 0 Å². The summed E-state index contributed by atoms with van der Waals surface area (Å²) >= 11 is 0. The Morgan fingerprint density at radius 2 is 1.83 bits per heavy atom. The summed E-state index contributed by atoms with van der Waals surface area (Å²) in [5.41, 5.74) is 3.79. The Bertz CT molecular complexity index is 472. The number of rotatable bonds is 4. The van der Waals surface area contributed by atoms with Gasteiger partial charge in [0.25, 0.3) is 0 Å². The Hall–Kier alpha value is -1.57. The standard InChI is InChI=1S/C16H21NO/c1-4-16(5-2)13-9-7-8-10-14(13)17(6-3)15(16)11-12-18/h7-12H,4-6H2,1-3H3. The molecule has 1 aromatic rings. The number of aldehydes is 1. The number of para-hydroxylation sites is 1. The number of benzene rings is 1. The highest BCUT2D eigenvalue weighted by molar-refractivity contribution is 5.77. The number of anilines is 1. The fourth-order valence-corrected chi connectivity index (χ4v) is 3.29. The topological polar surface area (TPSA) is 20.3 Å². The van der Waals surface area contributed by atoms with Gasteiger partial charge >= 0.3 is 0 Å². The molecule has 2 nitrogen and oxygen atoms in total. The summed E-state index contributed by atoms with van der Waals surface area (Å²) in [7, 11) is 0. The first-order valence-electron chi connectivity index (χ1n) is 6.78. The minimum Gasteiger partial charge on any atom is -0.344 e. The van der Waals surface area contributed by atoms with Crippen molar-refractivity contribution in [3.05, 3.63) is 41.6 Å². The molecule has 1 aliphatic heterocycles. The van der Waals surface area contributed by atoms with E-state index in [0.717, 1.165) is 31.4 Å². The third kappa shape index (κ3) is 1.59. The molecule has 2 rings (SSSR count). The Morgan fingerprint density at radius 1 is 1.17 bits per heavy atom. The number of fused-ring (bicyclic) bond motifs is 1. The van der Waals surface area contributed by atoms with Crippen molar-refractivity contribution >= 4 is 12.0 Å². The average Bonchev–Trinajstić information content (AvgIpc) is 2.69. The first-order valence-corrected chi connectivity index (χ1v) is 6.78. The summed E-state index contributed by atoms with van der Waals surface area (Å²) in [6.45, 7) is 7.45. The van der Waals surface area contributed by atoms with E-state index in [0.29, 0.717) is 0 Å². The zero-order chi connectivity index (χ0) is 13.2. The van der Waals surface area contributed by atoms with E-state index < -0.39 is 0 Å². The van der Waals surface area contributed by atoms with Crippen molar-refractivity contribution < 1.29 is 4.79 Å². The Morgan fingerprint density at radius 3 is 2.39 bits per heavy atom. The second-order valence-corrected chi connectivity index (χ2v) is 4.74. The predicted molar refractivity (Wildman–Crippen MR) is 75.9 cm³/mol. The number of likely N-dealkylation sites (N-methyl/N-ethyl adjacent to an activating group) is 1. The second kappa shape index (κ2) is 4.97. The highest BCUT2D eigenvalue weighted by Crippen LogP contribution is 2.51. The molecule has 0 saturated carbocycles. The molecule has 0 radical (unpaired) electrons. The molecule has 1 aliphatic rings. The third-order valence-corrected chi connectivity index (χ3v) is 4.24. The van der Waals surface area contributed by atoms with Crippen molar-refractivity contribution in [1.29, 1.82) is 0 Å². The monoisotopic (exact) mass is 243 g/mol. The molecule has 0 aliphatic carbocycles. The van der Waals surface area contributed by atoms with Gasteiger partial charge < -0.3 is 4.90 Å². The minimum atomic E-state index is 0.00745. The number of allylic oxidation sites excluding steroid dienone is 2. The van der Waals surface area contributed by atoms with Crippen LogP contribution in [0.3, 0.4) is 0 Å². The number of carbonyl (C=O) groups excluding carboxylic acids is 1. The van der Waals surface area contributed by atoms with Crippen LogP contribution in [0.15, 0.2) is 36.0 Å². The van der Waals surface area contributed by atoms with E-state index in [2.05, 4.69) is 49.9 Å². The van der Waals surface area contributed by atoms with E-state index in [1.165, 1.54) is 11.3 Å². The van der Waals surface area contributed by atoms with Crippen LogP contribution in [-0.4, -0.2) is 12.8 Å². The van der Waals surface area contributed by atoms with Gasteiger partial charge in [-0.2, -0.15) is 0 Å². The minimum absolute atomic E-state index is 0.00745. The van der Waals surface area contributed by atoms with Gasteiger partial charge in [0.2, 0.25) is 0 Å². The number of carbonyl (C=O) groups is 1. The molecule has 0 unspecified atom stereocenters. The first-order chi connectivity index (χ1) is 8.75. The average molecular weight is 243 g/mol. The predicted octanol–water partition coefficient (Wildman–Crippen LogP) is 3.67. The van der Waals surface area contributed by atoms with E-state index >= 15 is 0 Å². The van der Waals surface area contributed by atoms with Crippen molar-refractivity contribution in [2.24, 2.45) is 0 Å². The van der Waals surface area contributed by atoms with Crippen molar-refractivity contribution in [2.45, 2.75) is 39.0 Å². The van der Waals surface area contributed by atoms with Gasteiger partial charge in [-0.3, -0.25) is 4.79 Å². The molecule has 0 fully saturated rings. The Kier molecular flexibility index (Phi) is 3.55. The molecule has 18 heavy (non-hydrogen) atoms. The maximum Gasteiger partial charge on any atom is 0.144 e. The summed E-state index contributed by atoms with van der Waals surface area (Å²) in [4.78, 5) is 13.3. The lowest BCUT2D eigenvalue weighted by Crippen LogP contribution is -2.30. The van der Waals surface area contributed by atoms with Gasteiger partial charge in [-0.05, 0) is 37.5 Å². The summed E-state index contributed by atoms with van der Waals surface area (Å²) in [6.07, 6.45) is 4.72. The molecule has 0 amide bonds. The van der Waals surface area contributed by atoms with E-state index in [1.807, 2.05) is 0 Å². The highest BCUT2D eigenvalue weighted by atomic mass is 16.1. The van der Waals surface area contributed by atoms with Gasteiger partial charge in [0.05, 0.1) is 0 Å². The van der Waals surface area contributed by atoms with Gasteiger partial charge in [0.15, 0.2) is 0 Å². The quantitative estimate of drug-likeness (QED) is 0.594. The molecule has 1 heterocycles. The largest absolute Gasteiger partial charge is 0.344 e. The van der Waals surface area contributed by atoms with E-state index in [1.54, 1.807) is 6.08 Å². The number of hydrogen-bond acceptors (Lipinski definition) is 2. The maximum atomic E-state index is 11.0. The van der Waals surface area contributed by atoms with Gasteiger partial charge in [-0.25, -0.2) is 0 Å². The summed E-state index contributed by atoms with van der Waals surface area (Å²) in [5.74, 6) is 0. The van der Waals surface area contributed by atoms with Crippen LogP contribution in [0.5, 0.6) is 0 Å². The molecule has 0 saturated heterocycles. The van der Waals surface area contributed by atoms with Crippen LogP contribution in [0.25, 0.3) is 0 Å². The molecule has 1 aromatic carbocycles. The molecular formula is C16H21NO. The summed E-state index contributed by atoms with van der Waals surface area (Å²) < 4.78 is 0. The zero-order valence-corrected chi connectivity index (χ0v) is 11.4. The van der Waals surface area contributed by atoms with Crippen molar-refractivity contribution in [2.75, 3.05) is 11.4 Å². The molecule has 96 valence electrons. The van der Waals surface area contributed by atoms with Crippen LogP contribution in [0.1, 0.15) is 39.2 Å². The van der Waals surface area contributed by atoms with E-state index in [9.17, 15) is 4.79 Å². The molecule has 0 spiro atoms. The smallest absolute Gasteiger partial charge is 0.144 e. The fraction of sp³-hybridized carbons (Fsp3) is 0.438. The summed E-state index contributed by atoms with van der Waals surface area (Å²) in [5, 5.41) is 0. The molecule has 0 bridgehead atoms. The Labute approximate surface area is 109 Å². The molecule has 0 atom stereocenters. The number of nitrogens with zero attached hydrogens (tertiary/aromatic N) is 1. The van der Waals surface area contributed by atoms with E-state index in [4.69, 9.17) is 0 Å². The molecular weight excluding hydrogens is 222 g/mol. The van der Waals surface area contributed by atoms with Crippen LogP contribution in [0.4, 0.5) is 5.69 Å². The van der Waals surface area contributed by atoms with Crippen molar-refractivity contribution in [3.8, 4) is 0 Å². The van der Waals surface area contributed by atoms with Crippen molar-refractivity contribution in [1.82, 2.24) is 0 Å². The van der Waals surface area contributed by atoms with Gasteiger partial charge in [-0.1, -0.05) is 32.0 Å². The Balaban J connectivity index is 2.70. The first kappa shape index (κ1) is 12.9. The molecule has 0 aromatic heterocycles. The van der Waals surface area contributed by atoms with Crippen LogP contribution < -0.4 is 4.90 Å². The van der Waals surface area contributed by atoms with Gasteiger partial charge in [0.1, 0.15) is 6.29 Å². The second-order valence-electron chi connectivity index (χ2n) is 4.74. The fourth-order valence-electron chi connectivity index (χ4n) is 3.29. The lowest BCUT2D eigenvalue weighted by molar-refractivity contribution is -0.104. The van der Waals surface area contributed by atoms with Crippen molar-refractivity contribution in [3.63, 3.8) is 0 Å². The normalized spacial score (nSPS) is 19.1. The van der Waals surface area contributed by atoms with Crippen LogP contribution in [0.2, 0.25) is 0 Å². The highest BCUT2D eigenvalue weighted by Gasteiger charge is 2.43. The third-order valence-electron chi connectivity index (χ3n) is 4.24. The summed E-state index contributed by atoms with van der Waals surface area (Å²) in [6, 6.07) is 8.53. The lowest BCUT2D eigenvalue weighted by Gasteiger charge is -2.31. The van der Waals surface area contributed by atoms with Crippen LogP contribution in [0, 0.1) is 0 Å². The molecule has 0 N–H and O–H groups in total. The SMILES string of the molecule is CCN1C(=CC=O)C(CC)(CC)c2ccccc21. The van der Waals surface area contributed by atoms with Crippen LogP contribution in [-0.2, 0) is 10.2 Å². The number of hydrogen-bond donors (Lipinski definition) is 0. The maximum absolute atomic E-state index is 11.0. The lowest BCUT2D eigenvalue weighted by atomic mass is 9.75. The molecule has 2 heteroatoms. The zero-order valence-electron chi connectivity index (χ0n) is 11.4. The van der Waals surface area contributed by atoms with Gasteiger partial charge in [0, 0.05) is 23.3 Å². The van der Waals surface area contributed by atoms with Crippen LogP contribution >= 0.6 is 0 Å².